The summed E-state index contributed by atoms with van der Waals surface area (Å²) in [5, 5.41) is 16.7. The molecule has 0 radical (unpaired) electrons. The van der Waals surface area contributed by atoms with Crippen LogP contribution in [-0.4, -0.2) is 24.5 Å². The largest absolute Gasteiger partial charge is 0.425 e. The summed E-state index contributed by atoms with van der Waals surface area (Å²) in [6.45, 7) is 2.64. The molecule has 2 heterocycles. The number of hydrogen-bond donors (Lipinski definition) is 2. The van der Waals surface area contributed by atoms with Crippen LogP contribution in [-0.2, 0) is 6.54 Å². The molecule has 0 aliphatic carbocycles. The number of aromatic nitrogens is 4. The average molecular weight is 179 g/mol. The quantitative estimate of drug-likeness (QED) is 0.603. The summed E-state index contributed by atoms with van der Waals surface area (Å²) >= 11 is 0. The first kappa shape index (κ1) is 7.78. The zero-order chi connectivity index (χ0) is 9.42. The number of nitrogens with zero attached hydrogens (tertiary/aromatic N) is 4. The highest BCUT2D eigenvalue weighted by Crippen LogP contribution is 2.02. The minimum atomic E-state index is 0.00403. The van der Waals surface area contributed by atoms with E-state index in [9.17, 15) is 5.21 Å². The zero-order valence-corrected chi connectivity index (χ0v) is 7.10. The monoisotopic (exact) mass is 179 g/mol. The molecule has 0 atom stereocenters. The van der Waals surface area contributed by atoms with Crippen LogP contribution in [0.2, 0.25) is 0 Å². The fourth-order valence-electron chi connectivity index (χ4n) is 1.22. The lowest BCUT2D eigenvalue weighted by Gasteiger charge is -2.00. The Kier molecular flexibility index (Phi) is 1.54. The molecule has 0 amide bonds. The summed E-state index contributed by atoms with van der Waals surface area (Å²) in [5.74, 6) is 0. The highest BCUT2D eigenvalue weighted by Gasteiger charge is 2.05. The number of hydrogen-bond acceptors (Lipinski definition) is 4. The summed E-state index contributed by atoms with van der Waals surface area (Å²) in [4.78, 5) is 7.87. The molecule has 0 saturated carbocycles. The maximum absolute atomic E-state index is 9.18. The molecule has 6 nitrogen and oxygen atoms in total. The molecule has 0 aromatic carbocycles. The fourth-order valence-corrected chi connectivity index (χ4v) is 1.22. The molecule has 0 fully saturated rings. The van der Waals surface area contributed by atoms with Crippen molar-refractivity contribution in [2.75, 3.05) is 0 Å². The fraction of sp³-hybridized carbons (Fsp3) is 0.286. The van der Waals surface area contributed by atoms with Crippen molar-refractivity contribution in [3.8, 4) is 0 Å². The Morgan fingerprint density at radius 1 is 1.46 bits per heavy atom. The van der Waals surface area contributed by atoms with Gasteiger partial charge in [0.25, 0.3) is 0 Å². The van der Waals surface area contributed by atoms with E-state index in [2.05, 4.69) is 9.97 Å². The molecule has 68 valence electrons. The van der Waals surface area contributed by atoms with Crippen molar-refractivity contribution in [1.29, 1.82) is 5.41 Å². The van der Waals surface area contributed by atoms with Crippen LogP contribution in [0.1, 0.15) is 6.92 Å². The molecule has 0 aliphatic rings. The van der Waals surface area contributed by atoms with Gasteiger partial charge in [0.15, 0.2) is 11.1 Å². The van der Waals surface area contributed by atoms with Gasteiger partial charge in [-0.2, -0.15) is 4.73 Å². The van der Waals surface area contributed by atoms with E-state index < -0.39 is 0 Å². The topological polar surface area (TPSA) is 79.7 Å². The second kappa shape index (κ2) is 2.58. The first-order chi connectivity index (χ1) is 6.24. The molecule has 2 rings (SSSR count). The van der Waals surface area contributed by atoms with Gasteiger partial charge in [0, 0.05) is 6.54 Å². The van der Waals surface area contributed by atoms with Crippen LogP contribution in [0.3, 0.4) is 0 Å². The van der Waals surface area contributed by atoms with Crippen molar-refractivity contribution < 1.29 is 5.21 Å². The first-order valence-corrected chi connectivity index (χ1v) is 3.90. The molecular weight excluding hydrogens is 170 g/mol. The maximum Gasteiger partial charge on any atom is 0.190 e. The lowest BCUT2D eigenvalue weighted by molar-refractivity contribution is 0.168. The van der Waals surface area contributed by atoms with Gasteiger partial charge in [-0.3, -0.25) is 5.41 Å². The summed E-state index contributed by atoms with van der Waals surface area (Å²) in [6, 6.07) is 0. The van der Waals surface area contributed by atoms with Gasteiger partial charge < -0.3 is 9.77 Å². The molecule has 0 saturated heterocycles. The zero-order valence-electron chi connectivity index (χ0n) is 7.10. The van der Waals surface area contributed by atoms with E-state index in [0.717, 1.165) is 6.33 Å². The van der Waals surface area contributed by atoms with Gasteiger partial charge in [0.2, 0.25) is 0 Å². The number of rotatable bonds is 1. The van der Waals surface area contributed by atoms with Crippen LogP contribution in [0.4, 0.5) is 0 Å². The maximum atomic E-state index is 9.18. The van der Waals surface area contributed by atoms with E-state index in [-0.39, 0.29) is 5.49 Å². The van der Waals surface area contributed by atoms with Crippen molar-refractivity contribution in [3.63, 3.8) is 0 Å². The Hall–Kier alpha value is -1.85. The molecule has 0 aliphatic heterocycles. The van der Waals surface area contributed by atoms with E-state index in [1.807, 2.05) is 6.92 Å². The summed E-state index contributed by atoms with van der Waals surface area (Å²) in [6.07, 6.45) is 2.77. The molecular formula is C7H9N5O. The smallest absolute Gasteiger partial charge is 0.190 e. The van der Waals surface area contributed by atoms with Gasteiger partial charge in [-0.05, 0) is 6.92 Å². The van der Waals surface area contributed by atoms with Crippen LogP contribution in [0, 0.1) is 5.41 Å². The predicted molar refractivity (Wildman–Crippen MR) is 44.2 cm³/mol. The van der Waals surface area contributed by atoms with Gasteiger partial charge in [-0.25, -0.2) is 9.97 Å². The molecule has 2 aromatic heterocycles. The van der Waals surface area contributed by atoms with E-state index in [0.29, 0.717) is 22.4 Å². The Balaban J connectivity index is 2.94. The highest BCUT2D eigenvalue weighted by atomic mass is 16.5. The molecule has 2 aromatic rings. The summed E-state index contributed by atoms with van der Waals surface area (Å²) < 4.78 is 2.44. The van der Waals surface area contributed by atoms with Crippen LogP contribution in [0.5, 0.6) is 0 Å². The van der Waals surface area contributed by atoms with Gasteiger partial charge in [0.1, 0.15) is 11.8 Å². The number of fused-ring (bicyclic) bond motifs is 1. The molecule has 6 heteroatoms. The second-order valence-electron chi connectivity index (χ2n) is 2.64. The van der Waals surface area contributed by atoms with Gasteiger partial charge in [-0.15, -0.1) is 0 Å². The van der Waals surface area contributed by atoms with Crippen molar-refractivity contribution in [2.45, 2.75) is 13.5 Å². The minimum Gasteiger partial charge on any atom is -0.425 e. The molecule has 0 spiro atoms. The molecule has 13 heavy (non-hydrogen) atoms. The van der Waals surface area contributed by atoms with E-state index in [1.54, 1.807) is 10.9 Å². The third-order valence-electron chi connectivity index (χ3n) is 1.90. The molecule has 0 bridgehead atoms. The standard InChI is InChI=1S/C7H9N5O/c1-2-11-3-9-7-5(11)6(8)12(13)4-10-7/h3-4,8,13H,2H2,1H3. The highest BCUT2D eigenvalue weighted by molar-refractivity contribution is 5.68. The molecule has 0 unspecified atom stereocenters. The Bertz CT molecular complexity index is 497. The lowest BCUT2D eigenvalue weighted by atomic mass is 10.5. The molecule has 2 N–H and O–H groups in total. The average Bonchev–Trinajstić information content (AvgIpc) is 2.55. The van der Waals surface area contributed by atoms with Gasteiger partial charge in [0.05, 0.1) is 6.33 Å². The number of aryl methyl sites for hydroxylation is 1. The Labute approximate surface area is 73.6 Å². The third-order valence-corrected chi connectivity index (χ3v) is 1.90. The number of nitrogens with one attached hydrogen (secondary N) is 1. The Morgan fingerprint density at radius 3 is 2.85 bits per heavy atom. The number of imidazole rings is 1. The van der Waals surface area contributed by atoms with Crippen LogP contribution in [0.15, 0.2) is 12.7 Å². The summed E-state index contributed by atoms with van der Waals surface area (Å²) in [7, 11) is 0. The normalized spacial score (nSPS) is 10.8. The minimum absolute atomic E-state index is 0.00403. The van der Waals surface area contributed by atoms with Gasteiger partial charge in [-0.1, -0.05) is 0 Å². The first-order valence-electron chi connectivity index (χ1n) is 3.90. The van der Waals surface area contributed by atoms with Crippen LogP contribution < -0.4 is 5.49 Å². The lowest BCUT2D eigenvalue weighted by Crippen LogP contribution is -2.20. The van der Waals surface area contributed by atoms with Crippen molar-refractivity contribution in [3.05, 3.63) is 18.1 Å². The van der Waals surface area contributed by atoms with Crippen molar-refractivity contribution >= 4 is 11.2 Å². The SMILES string of the molecule is CCn1cnc2ncn(O)c(=N)c21. The van der Waals surface area contributed by atoms with Crippen molar-refractivity contribution in [1.82, 2.24) is 19.3 Å². The van der Waals surface area contributed by atoms with E-state index >= 15 is 0 Å². The van der Waals surface area contributed by atoms with E-state index in [4.69, 9.17) is 5.41 Å². The second-order valence-corrected chi connectivity index (χ2v) is 2.64. The van der Waals surface area contributed by atoms with Crippen molar-refractivity contribution in [2.24, 2.45) is 0 Å². The third kappa shape index (κ3) is 0.986. The predicted octanol–water partition coefficient (Wildman–Crippen LogP) is -0.0305. The van der Waals surface area contributed by atoms with Crippen LogP contribution in [0.25, 0.3) is 11.2 Å². The van der Waals surface area contributed by atoms with Gasteiger partial charge >= 0.3 is 0 Å². The van der Waals surface area contributed by atoms with E-state index in [1.165, 1.54) is 0 Å². The Morgan fingerprint density at radius 2 is 2.15 bits per heavy atom. The summed E-state index contributed by atoms with van der Waals surface area (Å²) in [5.41, 5.74) is 1.04. The van der Waals surface area contributed by atoms with Crippen LogP contribution >= 0.6 is 0 Å².